The van der Waals surface area contributed by atoms with Crippen LogP contribution in [0.5, 0.6) is 0 Å². The highest BCUT2D eigenvalue weighted by molar-refractivity contribution is 6.33. The Morgan fingerprint density at radius 1 is 1.28 bits per heavy atom. The van der Waals surface area contributed by atoms with Crippen LogP contribution in [0.2, 0.25) is 10.0 Å². The molecule has 0 radical (unpaired) electrons. The summed E-state index contributed by atoms with van der Waals surface area (Å²) < 4.78 is 4.99. The molecule has 8 heteroatoms. The monoisotopic (exact) mass is 376 g/mol. The minimum absolute atomic E-state index is 0.132. The number of halogens is 2. The summed E-state index contributed by atoms with van der Waals surface area (Å²) >= 11 is 12.4. The Morgan fingerprint density at radius 2 is 2.12 bits per heavy atom. The van der Waals surface area contributed by atoms with Crippen molar-refractivity contribution in [2.75, 3.05) is 12.3 Å². The first-order chi connectivity index (χ1) is 12.1. The average molecular weight is 377 g/mol. The van der Waals surface area contributed by atoms with Crippen molar-refractivity contribution in [1.82, 2.24) is 15.0 Å². The van der Waals surface area contributed by atoms with Gasteiger partial charge in [0.1, 0.15) is 6.61 Å². The number of nitrogens with zero attached hydrogens (tertiary/aromatic N) is 2. The van der Waals surface area contributed by atoms with Gasteiger partial charge in [0.15, 0.2) is 0 Å². The molecule has 2 heterocycles. The fraction of sp³-hybridized carbons (Fsp3) is 0.118. The highest BCUT2D eigenvalue weighted by Gasteiger charge is 2.20. The lowest BCUT2D eigenvalue weighted by Gasteiger charge is -2.17. The van der Waals surface area contributed by atoms with Crippen molar-refractivity contribution >= 4 is 35.6 Å². The summed E-state index contributed by atoms with van der Waals surface area (Å²) in [5.41, 5.74) is 8.69. The van der Waals surface area contributed by atoms with Gasteiger partial charge in [-0.2, -0.15) is 0 Å². The molecule has 1 atom stereocenters. The highest BCUT2D eigenvalue weighted by Crippen LogP contribution is 2.34. The van der Waals surface area contributed by atoms with Crippen molar-refractivity contribution in [2.45, 2.75) is 5.92 Å². The summed E-state index contributed by atoms with van der Waals surface area (Å²) in [5.74, 6) is -0.0899. The fourth-order valence-electron chi connectivity index (χ4n) is 2.57. The number of hydrogen-bond acceptors (Lipinski definition) is 5. The quantitative estimate of drug-likeness (QED) is 0.640. The molecule has 1 unspecified atom stereocenters. The first-order valence-corrected chi connectivity index (χ1v) is 8.11. The van der Waals surface area contributed by atoms with Gasteiger partial charge in [0, 0.05) is 28.4 Å². The SMILES string of the molecule is Nc1nccc(-c2cc(C(COC=O)c3cc(Cl)ccc3Cl)c[nH]2)n1. The molecule has 1 aromatic carbocycles. The van der Waals surface area contributed by atoms with Gasteiger partial charge in [0.05, 0.1) is 11.4 Å². The molecule has 0 amide bonds. The van der Waals surface area contributed by atoms with E-state index < -0.39 is 0 Å². The number of carbonyl (C=O) groups excluding carboxylic acids is 1. The number of benzene rings is 1. The normalized spacial score (nSPS) is 11.9. The third-order valence-corrected chi connectivity index (χ3v) is 4.30. The Morgan fingerprint density at radius 3 is 2.88 bits per heavy atom. The maximum atomic E-state index is 10.7. The number of H-pyrrole nitrogens is 1. The molecule has 0 aliphatic rings. The van der Waals surface area contributed by atoms with Crippen LogP contribution in [0.1, 0.15) is 17.0 Å². The molecule has 3 rings (SSSR count). The van der Waals surface area contributed by atoms with E-state index in [4.69, 9.17) is 33.7 Å². The molecule has 0 saturated carbocycles. The molecular weight excluding hydrogens is 363 g/mol. The molecule has 0 saturated heterocycles. The number of rotatable bonds is 6. The lowest BCUT2D eigenvalue weighted by Crippen LogP contribution is -2.09. The van der Waals surface area contributed by atoms with Crippen molar-refractivity contribution in [3.05, 3.63) is 63.9 Å². The van der Waals surface area contributed by atoms with Crippen molar-refractivity contribution in [3.8, 4) is 11.4 Å². The van der Waals surface area contributed by atoms with E-state index in [-0.39, 0.29) is 18.5 Å². The molecular formula is C17H14Cl2N4O2. The zero-order valence-electron chi connectivity index (χ0n) is 12.9. The third kappa shape index (κ3) is 3.92. The predicted octanol–water partition coefficient (Wildman–Crippen LogP) is 3.67. The molecule has 2 aromatic heterocycles. The summed E-state index contributed by atoms with van der Waals surface area (Å²) in [6.45, 7) is 0.539. The Bertz CT molecular complexity index is 898. The first kappa shape index (κ1) is 17.3. The van der Waals surface area contributed by atoms with Crippen LogP contribution in [0, 0.1) is 0 Å². The number of carbonyl (C=O) groups is 1. The van der Waals surface area contributed by atoms with Crippen molar-refractivity contribution < 1.29 is 9.53 Å². The van der Waals surface area contributed by atoms with Crippen molar-refractivity contribution in [3.63, 3.8) is 0 Å². The topological polar surface area (TPSA) is 93.9 Å². The fourth-order valence-corrected chi connectivity index (χ4v) is 3.00. The molecule has 0 bridgehead atoms. The largest absolute Gasteiger partial charge is 0.467 e. The van der Waals surface area contributed by atoms with Crippen LogP contribution in [-0.4, -0.2) is 28.0 Å². The average Bonchev–Trinajstić information content (AvgIpc) is 3.08. The molecule has 0 aliphatic carbocycles. The highest BCUT2D eigenvalue weighted by atomic mass is 35.5. The molecule has 25 heavy (non-hydrogen) atoms. The number of nitrogen functional groups attached to an aromatic ring is 1. The van der Waals surface area contributed by atoms with Crippen LogP contribution in [-0.2, 0) is 9.53 Å². The van der Waals surface area contributed by atoms with E-state index in [1.165, 1.54) is 0 Å². The zero-order chi connectivity index (χ0) is 17.8. The Kier molecular flexibility index (Phi) is 5.21. The molecule has 128 valence electrons. The molecule has 0 spiro atoms. The zero-order valence-corrected chi connectivity index (χ0v) is 14.5. The van der Waals surface area contributed by atoms with Gasteiger partial charge >= 0.3 is 0 Å². The minimum Gasteiger partial charge on any atom is -0.467 e. The van der Waals surface area contributed by atoms with Crippen LogP contribution < -0.4 is 5.73 Å². The number of aromatic amines is 1. The molecule has 3 N–H and O–H groups in total. The molecule has 3 aromatic rings. The van der Waals surface area contributed by atoms with E-state index >= 15 is 0 Å². The van der Waals surface area contributed by atoms with Gasteiger partial charge in [0.2, 0.25) is 5.95 Å². The standard InChI is InChI=1S/C17H14Cl2N4O2/c18-11-1-2-14(19)12(6-11)13(8-25-9-24)10-5-16(22-7-10)15-3-4-21-17(20)23-15/h1-7,9,13,22H,8H2,(H2,20,21,23). The van der Waals surface area contributed by atoms with Crippen molar-refractivity contribution in [2.24, 2.45) is 0 Å². The van der Waals surface area contributed by atoms with E-state index in [0.717, 1.165) is 16.8 Å². The Hall–Kier alpha value is -2.57. The van der Waals surface area contributed by atoms with Crippen molar-refractivity contribution in [1.29, 1.82) is 0 Å². The maximum Gasteiger partial charge on any atom is 0.293 e. The first-order valence-electron chi connectivity index (χ1n) is 7.36. The minimum atomic E-state index is -0.277. The number of ether oxygens (including phenoxy) is 1. The second kappa shape index (κ2) is 7.55. The van der Waals surface area contributed by atoms with Gasteiger partial charge in [-0.15, -0.1) is 0 Å². The van der Waals surface area contributed by atoms with E-state index in [2.05, 4.69) is 15.0 Å². The lowest BCUT2D eigenvalue weighted by molar-refractivity contribution is -0.128. The maximum absolute atomic E-state index is 10.7. The summed E-state index contributed by atoms with van der Waals surface area (Å²) in [4.78, 5) is 21.9. The predicted molar refractivity (Wildman–Crippen MR) is 96.6 cm³/mol. The summed E-state index contributed by atoms with van der Waals surface area (Å²) in [5, 5.41) is 1.09. The van der Waals surface area contributed by atoms with Crippen LogP contribution in [0.3, 0.4) is 0 Å². The summed E-state index contributed by atoms with van der Waals surface area (Å²) in [7, 11) is 0. The van der Waals surface area contributed by atoms with E-state index in [9.17, 15) is 4.79 Å². The number of nitrogens with one attached hydrogen (secondary N) is 1. The van der Waals surface area contributed by atoms with Gasteiger partial charge in [-0.25, -0.2) is 9.97 Å². The van der Waals surface area contributed by atoms with E-state index in [0.29, 0.717) is 22.2 Å². The second-order valence-corrected chi connectivity index (χ2v) is 6.14. The Labute approximate surface area is 154 Å². The van der Waals surface area contributed by atoms with Crippen LogP contribution in [0.15, 0.2) is 42.7 Å². The number of anilines is 1. The number of hydrogen-bond donors (Lipinski definition) is 2. The number of aromatic nitrogens is 3. The van der Waals surface area contributed by atoms with Crippen LogP contribution in [0.4, 0.5) is 5.95 Å². The van der Waals surface area contributed by atoms with Crippen LogP contribution >= 0.6 is 23.2 Å². The van der Waals surface area contributed by atoms with Crippen LogP contribution in [0.25, 0.3) is 11.4 Å². The van der Waals surface area contributed by atoms with E-state index in [1.807, 2.05) is 12.3 Å². The summed E-state index contributed by atoms with van der Waals surface area (Å²) in [6, 6.07) is 8.83. The second-order valence-electron chi connectivity index (χ2n) is 5.29. The Balaban J connectivity index is 2.00. The van der Waals surface area contributed by atoms with E-state index in [1.54, 1.807) is 30.5 Å². The third-order valence-electron chi connectivity index (χ3n) is 3.72. The number of nitrogens with two attached hydrogens (primary N) is 1. The molecule has 0 fully saturated rings. The van der Waals surface area contributed by atoms with Gasteiger partial charge in [-0.05, 0) is 41.5 Å². The van der Waals surface area contributed by atoms with Gasteiger partial charge in [0.25, 0.3) is 6.47 Å². The van der Waals surface area contributed by atoms with Gasteiger partial charge in [-0.1, -0.05) is 23.2 Å². The molecule has 0 aliphatic heterocycles. The summed E-state index contributed by atoms with van der Waals surface area (Å²) in [6.07, 6.45) is 3.39. The van der Waals surface area contributed by atoms with Gasteiger partial charge < -0.3 is 15.5 Å². The van der Waals surface area contributed by atoms with Gasteiger partial charge in [-0.3, -0.25) is 4.79 Å². The molecule has 6 nitrogen and oxygen atoms in total. The lowest BCUT2D eigenvalue weighted by atomic mass is 9.93. The smallest absolute Gasteiger partial charge is 0.293 e.